The van der Waals surface area contributed by atoms with Crippen molar-refractivity contribution in [1.29, 1.82) is 0 Å². The molecule has 2 amide bonds. The van der Waals surface area contributed by atoms with E-state index in [9.17, 15) is 9.59 Å². The zero-order valence-corrected chi connectivity index (χ0v) is 15.4. The van der Waals surface area contributed by atoms with Gasteiger partial charge in [-0.05, 0) is 36.8 Å². The molecule has 3 aromatic rings. The monoisotopic (exact) mass is 369 g/mol. The summed E-state index contributed by atoms with van der Waals surface area (Å²) < 4.78 is 1.85. The molecule has 0 aliphatic heterocycles. The van der Waals surface area contributed by atoms with E-state index in [0.29, 0.717) is 28.5 Å². The third kappa shape index (κ3) is 3.58. The summed E-state index contributed by atoms with van der Waals surface area (Å²) in [6.07, 6.45) is 0.850. The van der Waals surface area contributed by atoms with Crippen LogP contribution in [-0.4, -0.2) is 22.9 Å². The van der Waals surface area contributed by atoms with E-state index < -0.39 is 0 Å². The second kappa shape index (κ2) is 7.62. The third-order valence-corrected chi connectivity index (χ3v) is 4.50. The number of fused-ring (bicyclic) bond motifs is 1. The molecule has 134 valence electrons. The zero-order chi connectivity index (χ0) is 18.7. The summed E-state index contributed by atoms with van der Waals surface area (Å²) in [4.78, 5) is 24.7. The van der Waals surface area contributed by atoms with E-state index in [4.69, 9.17) is 11.6 Å². The van der Waals surface area contributed by atoms with E-state index in [1.807, 2.05) is 48.9 Å². The van der Waals surface area contributed by atoms with Crippen LogP contribution in [-0.2, 0) is 7.05 Å². The molecule has 1 aromatic heterocycles. The second-order valence-corrected chi connectivity index (χ2v) is 6.46. The molecular weight excluding hydrogens is 350 g/mol. The fourth-order valence-corrected chi connectivity index (χ4v) is 3.08. The lowest BCUT2D eigenvalue weighted by molar-refractivity contribution is 0.0953. The van der Waals surface area contributed by atoms with E-state index in [0.717, 1.165) is 17.3 Å². The topological polar surface area (TPSA) is 63.1 Å². The number of carbonyl (C=O) groups is 2. The Hall–Kier alpha value is -2.79. The number of hydrogen-bond donors (Lipinski definition) is 2. The molecule has 0 saturated heterocycles. The van der Waals surface area contributed by atoms with Gasteiger partial charge in [0.25, 0.3) is 11.8 Å². The summed E-state index contributed by atoms with van der Waals surface area (Å²) in [7, 11) is 1.85. The molecule has 26 heavy (non-hydrogen) atoms. The van der Waals surface area contributed by atoms with Gasteiger partial charge in [-0.3, -0.25) is 9.59 Å². The summed E-state index contributed by atoms with van der Waals surface area (Å²) >= 11 is 6.21. The van der Waals surface area contributed by atoms with Crippen LogP contribution in [0.2, 0.25) is 5.02 Å². The van der Waals surface area contributed by atoms with Crippen molar-refractivity contribution in [3.63, 3.8) is 0 Å². The van der Waals surface area contributed by atoms with Gasteiger partial charge in [-0.25, -0.2) is 0 Å². The number of amides is 2. The number of para-hydroxylation sites is 1. The van der Waals surface area contributed by atoms with Gasteiger partial charge >= 0.3 is 0 Å². The molecule has 0 aliphatic rings. The Balaban J connectivity index is 1.80. The number of halogens is 1. The van der Waals surface area contributed by atoms with E-state index in [2.05, 4.69) is 10.6 Å². The van der Waals surface area contributed by atoms with Gasteiger partial charge < -0.3 is 15.2 Å². The van der Waals surface area contributed by atoms with Gasteiger partial charge in [0, 0.05) is 30.2 Å². The maximum atomic E-state index is 12.6. The zero-order valence-electron chi connectivity index (χ0n) is 14.7. The number of nitrogens with one attached hydrogen (secondary N) is 2. The molecule has 5 nitrogen and oxygen atoms in total. The highest BCUT2D eigenvalue weighted by atomic mass is 35.5. The highest BCUT2D eigenvalue weighted by Crippen LogP contribution is 2.23. The number of carbonyl (C=O) groups excluding carboxylic acids is 2. The lowest BCUT2D eigenvalue weighted by Crippen LogP contribution is -2.24. The molecule has 3 rings (SSSR count). The SMILES string of the molecule is CCCNC(=O)c1ccc(NC(=O)c2cc3ccccc3n2C)cc1Cl. The lowest BCUT2D eigenvalue weighted by Gasteiger charge is -2.10. The maximum Gasteiger partial charge on any atom is 0.272 e. The van der Waals surface area contributed by atoms with E-state index >= 15 is 0 Å². The number of aryl methyl sites for hydroxylation is 1. The van der Waals surface area contributed by atoms with Gasteiger partial charge in [0.05, 0.1) is 10.6 Å². The minimum atomic E-state index is -0.233. The van der Waals surface area contributed by atoms with Gasteiger partial charge in [-0.15, -0.1) is 0 Å². The van der Waals surface area contributed by atoms with Crippen LogP contribution < -0.4 is 10.6 Å². The quantitative estimate of drug-likeness (QED) is 0.707. The first-order valence-corrected chi connectivity index (χ1v) is 8.82. The number of benzene rings is 2. The van der Waals surface area contributed by atoms with Crippen LogP contribution in [0.4, 0.5) is 5.69 Å². The molecule has 2 N–H and O–H groups in total. The van der Waals surface area contributed by atoms with Crippen LogP contribution in [0.3, 0.4) is 0 Å². The Labute approximate surface area is 157 Å². The second-order valence-electron chi connectivity index (χ2n) is 6.05. The third-order valence-electron chi connectivity index (χ3n) is 4.19. The predicted octanol–water partition coefficient (Wildman–Crippen LogP) is 4.22. The summed E-state index contributed by atoms with van der Waals surface area (Å²) in [5.41, 5.74) is 2.46. The average Bonchev–Trinajstić information content (AvgIpc) is 2.97. The molecule has 0 atom stereocenters. The van der Waals surface area contributed by atoms with E-state index in [-0.39, 0.29) is 11.8 Å². The first-order valence-electron chi connectivity index (χ1n) is 8.45. The van der Waals surface area contributed by atoms with Crippen LogP contribution in [0.15, 0.2) is 48.5 Å². The van der Waals surface area contributed by atoms with Gasteiger partial charge in [0.1, 0.15) is 5.69 Å². The molecule has 0 unspecified atom stereocenters. The number of aromatic nitrogens is 1. The number of anilines is 1. The Bertz CT molecular complexity index is 978. The molecule has 0 bridgehead atoms. The van der Waals surface area contributed by atoms with Crippen LogP contribution in [0, 0.1) is 0 Å². The standard InChI is InChI=1S/C20H20ClN3O2/c1-3-10-22-19(25)15-9-8-14(12-16(15)21)23-20(26)18-11-13-6-4-5-7-17(13)24(18)2/h4-9,11-12H,3,10H2,1-2H3,(H,22,25)(H,23,26). The molecule has 0 fully saturated rings. The summed E-state index contributed by atoms with van der Waals surface area (Å²) in [5, 5.41) is 6.92. The highest BCUT2D eigenvalue weighted by molar-refractivity contribution is 6.34. The molecule has 0 spiro atoms. The highest BCUT2D eigenvalue weighted by Gasteiger charge is 2.15. The normalized spacial score (nSPS) is 10.7. The minimum absolute atomic E-state index is 0.219. The van der Waals surface area contributed by atoms with Gasteiger partial charge in [0.2, 0.25) is 0 Å². The van der Waals surface area contributed by atoms with Crippen molar-refractivity contribution < 1.29 is 9.59 Å². The Morgan fingerprint density at radius 1 is 1.08 bits per heavy atom. The number of nitrogens with zero attached hydrogens (tertiary/aromatic N) is 1. The van der Waals surface area contributed by atoms with Crippen LogP contribution in [0.25, 0.3) is 10.9 Å². The molecule has 0 aliphatic carbocycles. The Morgan fingerprint density at radius 3 is 2.54 bits per heavy atom. The van der Waals surface area contributed by atoms with Gasteiger partial charge in [-0.2, -0.15) is 0 Å². The summed E-state index contributed by atoms with van der Waals surface area (Å²) in [6, 6.07) is 14.5. The van der Waals surface area contributed by atoms with Crippen LogP contribution >= 0.6 is 11.6 Å². The molecule has 6 heteroatoms. The van der Waals surface area contributed by atoms with E-state index in [1.165, 1.54) is 0 Å². The van der Waals surface area contributed by atoms with Crippen molar-refractivity contribution in [1.82, 2.24) is 9.88 Å². The van der Waals surface area contributed by atoms with Crippen molar-refractivity contribution in [3.05, 3.63) is 64.8 Å². The fourth-order valence-electron chi connectivity index (χ4n) is 2.81. The molecule has 0 radical (unpaired) electrons. The molecule has 2 aromatic carbocycles. The van der Waals surface area contributed by atoms with Gasteiger partial charge in [0.15, 0.2) is 0 Å². The number of rotatable bonds is 5. The lowest BCUT2D eigenvalue weighted by atomic mass is 10.2. The predicted molar refractivity (Wildman–Crippen MR) is 105 cm³/mol. The Morgan fingerprint density at radius 2 is 1.85 bits per heavy atom. The largest absolute Gasteiger partial charge is 0.352 e. The first-order chi connectivity index (χ1) is 12.5. The smallest absolute Gasteiger partial charge is 0.272 e. The van der Waals surface area contributed by atoms with Gasteiger partial charge in [-0.1, -0.05) is 36.7 Å². The maximum absolute atomic E-state index is 12.6. The van der Waals surface area contributed by atoms with Crippen molar-refractivity contribution in [2.75, 3.05) is 11.9 Å². The van der Waals surface area contributed by atoms with Crippen LogP contribution in [0.1, 0.15) is 34.2 Å². The first kappa shape index (κ1) is 18.0. The van der Waals surface area contributed by atoms with Crippen molar-refractivity contribution in [2.24, 2.45) is 7.05 Å². The molecule has 0 saturated carbocycles. The molecular formula is C20H20ClN3O2. The van der Waals surface area contributed by atoms with Crippen molar-refractivity contribution in [2.45, 2.75) is 13.3 Å². The Kier molecular flexibility index (Phi) is 5.28. The molecule has 1 heterocycles. The van der Waals surface area contributed by atoms with Crippen molar-refractivity contribution >= 4 is 40.0 Å². The van der Waals surface area contributed by atoms with Crippen molar-refractivity contribution in [3.8, 4) is 0 Å². The van der Waals surface area contributed by atoms with Crippen LogP contribution in [0.5, 0.6) is 0 Å². The summed E-state index contributed by atoms with van der Waals surface area (Å²) in [5.74, 6) is -0.452. The number of hydrogen-bond acceptors (Lipinski definition) is 2. The average molecular weight is 370 g/mol. The minimum Gasteiger partial charge on any atom is -0.352 e. The van der Waals surface area contributed by atoms with E-state index in [1.54, 1.807) is 18.2 Å². The summed E-state index contributed by atoms with van der Waals surface area (Å²) in [6.45, 7) is 2.57. The fraction of sp³-hybridized carbons (Fsp3) is 0.200.